The van der Waals surface area contributed by atoms with Crippen molar-refractivity contribution in [2.24, 2.45) is 0 Å². The molecule has 1 N–H and O–H groups in total. The van der Waals surface area contributed by atoms with Crippen molar-refractivity contribution in [3.63, 3.8) is 0 Å². The van der Waals surface area contributed by atoms with E-state index in [-0.39, 0.29) is 0 Å². The molecular weight excluding hydrogens is 314 g/mol. The zero-order chi connectivity index (χ0) is 13.9. The Kier molecular flexibility index (Phi) is 3.36. The second kappa shape index (κ2) is 5.32. The number of hydrogen-bond acceptors (Lipinski definition) is 3. The standard InChI is InChI=1S/C16H10BrN3/c17-13-6-4-12-9-14(7-5-11(12)8-13)19-16-3-1-2-15(10-18)20-16/h1-9H,(H,19,20). The molecule has 0 saturated carbocycles. The van der Waals surface area contributed by atoms with Gasteiger partial charge in [-0.1, -0.05) is 34.1 Å². The molecule has 1 heterocycles. The Morgan fingerprint density at radius 3 is 2.65 bits per heavy atom. The summed E-state index contributed by atoms with van der Waals surface area (Å²) in [5, 5.41) is 14.4. The van der Waals surface area contributed by atoms with Gasteiger partial charge in [0.05, 0.1) is 0 Å². The van der Waals surface area contributed by atoms with Crippen molar-refractivity contribution >= 4 is 38.2 Å². The molecule has 0 spiro atoms. The summed E-state index contributed by atoms with van der Waals surface area (Å²) in [7, 11) is 0. The summed E-state index contributed by atoms with van der Waals surface area (Å²) in [6.07, 6.45) is 0. The van der Waals surface area contributed by atoms with Gasteiger partial charge in [-0.2, -0.15) is 5.26 Å². The number of anilines is 2. The predicted molar refractivity (Wildman–Crippen MR) is 83.9 cm³/mol. The first-order chi connectivity index (χ1) is 9.74. The zero-order valence-corrected chi connectivity index (χ0v) is 12.1. The van der Waals surface area contributed by atoms with E-state index in [2.05, 4.69) is 50.5 Å². The van der Waals surface area contributed by atoms with Crippen molar-refractivity contribution in [3.8, 4) is 6.07 Å². The lowest BCUT2D eigenvalue weighted by molar-refractivity contribution is 1.26. The van der Waals surface area contributed by atoms with Crippen LogP contribution in [0.1, 0.15) is 5.69 Å². The van der Waals surface area contributed by atoms with Crippen LogP contribution < -0.4 is 5.32 Å². The molecule has 3 aromatic rings. The van der Waals surface area contributed by atoms with Gasteiger partial charge in [-0.3, -0.25) is 0 Å². The van der Waals surface area contributed by atoms with Crippen molar-refractivity contribution in [1.29, 1.82) is 5.26 Å². The number of rotatable bonds is 2. The maximum absolute atomic E-state index is 8.85. The minimum Gasteiger partial charge on any atom is -0.340 e. The molecule has 0 saturated heterocycles. The minimum absolute atomic E-state index is 0.403. The van der Waals surface area contributed by atoms with E-state index in [9.17, 15) is 0 Å². The first kappa shape index (κ1) is 12.6. The molecule has 0 aliphatic carbocycles. The van der Waals surface area contributed by atoms with Gasteiger partial charge in [0.2, 0.25) is 0 Å². The Hall–Kier alpha value is -2.38. The number of nitrogens with one attached hydrogen (secondary N) is 1. The lowest BCUT2D eigenvalue weighted by atomic mass is 10.1. The molecule has 0 radical (unpaired) electrons. The molecular formula is C16H10BrN3. The summed E-state index contributed by atoms with van der Waals surface area (Å²) >= 11 is 3.46. The number of hydrogen-bond donors (Lipinski definition) is 1. The lowest BCUT2D eigenvalue weighted by Gasteiger charge is -2.07. The van der Waals surface area contributed by atoms with E-state index >= 15 is 0 Å². The third-order valence-electron chi connectivity index (χ3n) is 2.94. The average Bonchev–Trinajstić information content (AvgIpc) is 2.47. The van der Waals surface area contributed by atoms with Gasteiger partial charge in [0.1, 0.15) is 17.6 Å². The quantitative estimate of drug-likeness (QED) is 0.749. The highest BCUT2D eigenvalue weighted by Crippen LogP contribution is 2.24. The monoisotopic (exact) mass is 323 g/mol. The van der Waals surface area contributed by atoms with Gasteiger partial charge >= 0.3 is 0 Å². The summed E-state index contributed by atoms with van der Waals surface area (Å²) in [4.78, 5) is 4.20. The van der Waals surface area contributed by atoms with Crippen molar-refractivity contribution in [2.75, 3.05) is 5.32 Å². The molecule has 0 atom stereocenters. The minimum atomic E-state index is 0.403. The van der Waals surface area contributed by atoms with E-state index in [0.717, 1.165) is 15.5 Å². The molecule has 0 aliphatic heterocycles. The molecule has 2 aromatic carbocycles. The molecule has 4 heteroatoms. The Morgan fingerprint density at radius 2 is 1.80 bits per heavy atom. The SMILES string of the molecule is N#Cc1cccc(Nc2ccc3cc(Br)ccc3c2)n1. The summed E-state index contributed by atoms with van der Waals surface area (Å²) < 4.78 is 1.06. The smallest absolute Gasteiger partial charge is 0.142 e. The van der Waals surface area contributed by atoms with E-state index in [1.807, 2.05) is 30.3 Å². The Morgan fingerprint density at radius 1 is 1.00 bits per heavy atom. The Balaban J connectivity index is 1.94. The second-order valence-electron chi connectivity index (χ2n) is 4.35. The highest BCUT2D eigenvalue weighted by molar-refractivity contribution is 9.10. The fourth-order valence-electron chi connectivity index (χ4n) is 2.01. The number of nitriles is 1. The van der Waals surface area contributed by atoms with E-state index in [1.165, 1.54) is 5.39 Å². The highest BCUT2D eigenvalue weighted by Gasteiger charge is 2.00. The van der Waals surface area contributed by atoms with E-state index in [4.69, 9.17) is 5.26 Å². The van der Waals surface area contributed by atoms with Crippen LogP contribution in [0.4, 0.5) is 11.5 Å². The number of halogens is 1. The topological polar surface area (TPSA) is 48.7 Å². The molecule has 3 nitrogen and oxygen atoms in total. The zero-order valence-electron chi connectivity index (χ0n) is 10.5. The first-order valence-corrected chi connectivity index (χ1v) is 6.87. The Labute approximate surface area is 125 Å². The molecule has 3 rings (SSSR count). The van der Waals surface area contributed by atoms with Crippen LogP contribution in [-0.4, -0.2) is 4.98 Å². The van der Waals surface area contributed by atoms with Gasteiger partial charge in [-0.15, -0.1) is 0 Å². The van der Waals surface area contributed by atoms with Gasteiger partial charge in [0, 0.05) is 10.2 Å². The Bertz CT molecular complexity index is 821. The maximum atomic E-state index is 8.85. The van der Waals surface area contributed by atoms with Gasteiger partial charge in [0.15, 0.2) is 0 Å². The van der Waals surface area contributed by atoms with Crippen molar-refractivity contribution in [2.45, 2.75) is 0 Å². The van der Waals surface area contributed by atoms with Gasteiger partial charge in [-0.05, 0) is 47.2 Å². The predicted octanol–water partition coefficient (Wildman–Crippen LogP) is 4.61. The van der Waals surface area contributed by atoms with Gasteiger partial charge in [-0.25, -0.2) is 4.98 Å². The van der Waals surface area contributed by atoms with Crippen LogP contribution in [0.15, 0.2) is 59.1 Å². The number of fused-ring (bicyclic) bond motifs is 1. The van der Waals surface area contributed by atoms with E-state index in [0.29, 0.717) is 11.5 Å². The molecule has 0 fully saturated rings. The van der Waals surface area contributed by atoms with Crippen LogP contribution in [0.3, 0.4) is 0 Å². The van der Waals surface area contributed by atoms with Crippen molar-refractivity contribution in [3.05, 3.63) is 64.8 Å². The van der Waals surface area contributed by atoms with Crippen LogP contribution in [0, 0.1) is 11.3 Å². The largest absolute Gasteiger partial charge is 0.340 e. The number of aromatic nitrogens is 1. The number of pyridine rings is 1. The normalized spacial score (nSPS) is 10.2. The average molecular weight is 324 g/mol. The summed E-state index contributed by atoms with van der Waals surface area (Å²) in [5.41, 5.74) is 1.35. The number of benzene rings is 2. The maximum Gasteiger partial charge on any atom is 0.142 e. The van der Waals surface area contributed by atoms with Crippen molar-refractivity contribution < 1.29 is 0 Å². The lowest BCUT2D eigenvalue weighted by Crippen LogP contribution is -1.94. The van der Waals surface area contributed by atoms with Gasteiger partial charge in [0.25, 0.3) is 0 Å². The molecule has 0 amide bonds. The van der Waals surface area contributed by atoms with Crippen LogP contribution in [0.25, 0.3) is 10.8 Å². The van der Waals surface area contributed by atoms with E-state index in [1.54, 1.807) is 6.07 Å². The molecule has 0 bridgehead atoms. The fraction of sp³-hybridized carbons (Fsp3) is 0. The fourth-order valence-corrected chi connectivity index (χ4v) is 2.39. The molecule has 96 valence electrons. The van der Waals surface area contributed by atoms with Gasteiger partial charge < -0.3 is 5.32 Å². The van der Waals surface area contributed by atoms with E-state index < -0.39 is 0 Å². The number of nitrogens with zero attached hydrogens (tertiary/aromatic N) is 2. The third kappa shape index (κ3) is 2.63. The first-order valence-electron chi connectivity index (χ1n) is 6.08. The van der Waals surface area contributed by atoms with Crippen LogP contribution in [0.5, 0.6) is 0 Å². The molecule has 0 unspecified atom stereocenters. The second-order valence-corrected chi connectivity index (χ2v) is 5.27. The van der Waals surface area contributed by atoms with Crippen LogP contribution in [-0.2, 0) is 0 Å². The van der Waals surface area contributed by atoms with Crippen molar-refractivity contribution in [1.82, 2.24) is 4.98 Å². The summed E-state index contributed by atoms with van der Waals surface area (Å²) in [5.74, 6) is 0.667. The highest BCUT2D eigenvalue weighted by atomic mass is 79.9. The van der Waals surface area contributed by atoms with Crippen LogP contribution >= 0.6 is 15.9 Å². The summed E-state index contributed by atoms with van der Waals surface area (Å²) in [6, 6.07) is 19.6. The molecule has 20 heavy (non-hydrogen) atoms. The van der Waals surface area contributed by atoms with Crippen LogP contribution in [0.2, 0.25) is 0 Å². The molecule has 1 aromatic heterocycles. The summed E-state index contributed by atoms with van der Waals surface area (Å²) in [6.45, 7) is 0. The molecule has 0 aliphatic rings. The third-order valence-corrected chi connectivity index (χ3v) is 3.43.